The van der Waals surface area contributed by atoms with Crippen LogP contribution in [-0.2, 0) is 14.2 Å². The molecule has 2 aliphatic rings. The summed E-state index contributed by atoms with van der Waals surface area (Å²) in [5.41, 5.74) is 1.48. The van der Waals surface area contributed by atoms with E-state index in [2.05, 4.69) is 21.7 Å². The van der Waals surface area contributed by atoms with Crippen LogP contribution in [0, 0.1) is 5.92 Å². The largest absolute Gasteiger partial charge is 0.381 e. The smallest absolute Gasteiger partial charge is 0.190 e. The van der Waals surface area contributed by atoms with E-state index in [1.54, 1.807) is 0 Å². The first-order valence-electron chi connectivity index (χ1n) is 9.24. The van der Waals surface area contributed by atoms with E-state index < -0.39 is 0 Å². The highest BCUT2D eigenvalue weighted by atomic mass is 16.5. The van der Waals surface area contributed by atoms with Gasteiger partial charge >= 0.3 is 0 Å². The van der Waals surface area contributed by atoms with Crippen molar-refractivity contribution in [3.63, 3.8) is 0 Å². The van der Waals surface area contributed by atoms with Crippen LogP contribution in [0.3, 0.4) is 0 Å². The Labute approximate surface area is 146 Å². The number of nitrogens with zero attached hydrogens (tertiary/aromatic N) is 1. The normalized spacial score (nSPS) is 19.9. The molecule has 0 aromatic carbocycles. The van der Waals surface area contributed by atoms with E-state index in [9.17, 15) is 0 Å². The Morgan fingerprint density at radius 1 is 1.21 bits per heavy atom. The van der Waals surface area contributed by atoms with Gasteiger partial charge in [-0.1, -0.05) is 11.6 Å². The van der Waals surface area contributed by atoms with Crippen LogP contribution in [0.15, 0.2) is 16.6 Å². The summed E-state index contributed by atoms with van der Waals surface area (Å²) in [6, 6.07) is 0. The maximum Gasteiger partial charge on any atom is 0.190 e. The maximum atomic E-state index is 5.77. The van der Waals surface area contributed by atoms with Gasteiger partial charge in [-0.3, -0.25) is 4.99 Å². The predicted octanol–water partition coefficient (Wildman–Crippen LogP) is 1.72. The average molecular weight is 339 g/mol. The van der Waals surface area contributed by atoms with Crippen LogP contribution < -0.4 is 10.6 Å². The SMILES string of the molecule is CN=C(NCCCOCC1CCOCC1)NCCC1=CCOCC1. The van der Waals surface area contributed by atoms with Gasteiger partial charge in [0.25, 0.3) is 0 Å². The van der Waals surface area contributed by atoms with E-state index in [-0.39, 0.29) is 0 Å². The minimum atomic E-state index is 0.681. The quantitative estimate of drug-likeness (QED) is 0.290. The second-order valence-corrected chi connectivity index (χ2v) is 6.35. The molecule has 0 aliphatic carbocycles. The number of nitrogens with one attached hydrogen (secondary N) is 2. The van der Waals surface area contributed by atoms with Gasteiger partial charge in [0.1, 0.15) is 0 Å². The van der Waals surface area contributed by atoms with Crippen molar-refractivity contribution in [3.8, 4) is 0 Å². The van der Waals surface area contributed by atoms with Gasteiger partial charge in [0.2, 0.25) is 0 Å². The van der Waals surface area contributed by atoms with Gasteiger partial charge in [-0.25, -0.2) is 0 Å². The van der Waals surface area contributed by atoms with Crippen molar-refractivity contribution in [2.45, 2.75) is 32.1 Å². The fourth-order valence-electron chi connectivity index (χ4n) is 2.90. The average Bonchev–Trinajstić information content (AvgIpc) is 2.64. The van der Waals surface area contributed by atoms with E-state index in [1.165, 1.54) is 5.57 Å². The van der Waals surface area contributed by atoms with Crippen LogP contribution >= 0.6 is 0 Å². The van der Waals surface area contributed by atoms with Crippen molar-refractivity contribution < 1.29 is 14.2 Å². The lowest BCUT2D eigenvalue weighted by Gasteiger charge is -2.21. The molecule has 2 aliphatic heterocycles. The van der Waals surface area contributed by atoms with E-state index in [0.717, 1.165) is 90.8 Å². The number of hydrogen-bond acceptors (Lipinski definition) is 4. The van der Waals surface area contributed by atoms with Gasteiger partial charge in [0.15, 0.2) is 5.96 Å². The molecule has 0 amide bonds. The first kappa shape index (κ1) is 19.2. The Morgan fingerprint density at radius 3 is 2.79 bits per heavy atom. The second kappa shape index (κ2) is 12.3. The minimum Gasteiger partial charge on any atom is -0.381 e. The van der Waals surface area contributed by atoms with Gasteiger partial charge in [0.05, 0.1) is 13.2 Å². The molecule has 0 radical (unpaired) electrons. The fraction of sp³-hybridized carbons (Fsp3) is 0.833. The van der Waals surface area contributed by atoms with Crippen molar-refractivity contribution in [2.75, 3.05) is 59.8 Å². The molecule has 2 N–H and O–H groups in total. The Balaban J connectivity index is 1.45. The Bertz CT molecular complexity index is 393. The van der Waals surface area contributed by atoms with Crippen molar-refractivity contribution in [3.05, 3.63) is 11.6 Å². The summed E-state index contributed by atoms with van der Waals surface area (Å²) in [6.07, 6.45) is 7.56. The zero-order valence-electron chi connectivity index (χ0n) is 15.0. The lowest BCUT2D eigenvalue weighted by atomic mass is 10.0. The standard InChI is InChI=1S/C18H33N3O3/c1-19-18(21-9-3-16-4-11-22-12-5-16)20-8-2-10-24-15-17-6-13-23-14-7-17/h4,17H,2-3,5-15H2,1H3,(H2,19,20,21). The number of rotatable bonds is 9. The highest BCUT2D eigenvalue weighted by Gasteiger charge is 2.13. The Morgan fingerprint density at radius 2 is 2.04 bits per heavy atom. The van der Waals surface area contributed by atoms with Crippen LogP contribution in [0.1, 0.15) is 32.1 Å². The first-order chi connectivity index (χ1) is 11.9. The van der Waals surface area contributed by atoms with Gasteiger partial charge < -0.3 is 24.8 Å². The Hall–Kier alpha value is -1.11. The van der Waals surface area contributed by atoms with Gasteiger partial charge in [-0.05, 0) is 38.0 Å². The van der Waals surface area contributed by atoms with Crippen LogP contribution in [0.2, 0.25) is 0 Å². The zero-order chi connectivity index (χ0) is 16.9. The maximum absolute atomic E-state index is 5.77. The molecule has 0 aromatic rings. The number of guanidine groups is 1. The van der Waals surface area contributed by atoms with Crippen LogP contribution in [0.25, 0.3) is 0 Å². The summed E-state index contributed by atoms with van der Waals surface area (Å²) in [5, 5.41) is 6.70. The van der Waals surface area contributed by atoms with E-state index in [4.69, 9.17) is 14.2 Å². The molecule has 24 heavy (non-hydrogen) atoms. The highest BCUT2D eigenvalue weighted by Crippen LogP contribution is 2.14. The molecule has 1 fully saturated rings. The topological polar surface area (TPSA) is 64.1 Å². The first-order valence-corrected chi connectivity index (χ1v) is 9.24. The number of ether oxygens (including phenoxy) is 3. The molecule has 0 saturated carbocycles. The molecule has 138 valence electrons. The third-order valence-electron chi connectivity index (χ3n) is 4.47. The lowest BCUT2D eigenvalue weighted by Crippen LogP contribution is -2.38. The van der Waals surface area contributed by atoms with Crippen LogP contribution in [-0.4, -0.2) is 65.7 Å². The van der Waals surface area contributed by atoms with Crippen LogP contribution in [0.5, 0.6) is 0 Å². The molecule has 2 heterocycles. The second-order valence-electron chi connectivity index (χ2n) is 6.35. The van der Waals surface area contributed by atoms with Gasteiger partial charge in [-0.2, -0.15) is 0 Å². The highest BCUT2D eigenvalue weighted by molar-refractivity contribution is 5.79. The molecule has 0 spiro atoms. The molecule has 6 heteroatoms. The molecule has 0 atom stereocenters. The zero-order valence-corrected chi connectivity index (χ0v) is 15.0. The summed E-state index contributed by atoms with van der Waals surface area (Å²) in [6.45, 7) is 6.85. The summed E-state index contributed by atoms with van der Waals surface area (Å²) in [4.78, 5) is 4.26. The minimum absolute atomic E-state index is 0.681. The molecule has 0 unspecified atom stereocenters. The molecule has 1 saturated heterocycles. The summed E-state index contributed by atoms with van der Waals surface area (Å²) in [5.74, 6) is 1.55. The van der Waals surface area contributed by atoms with Gasteiger partial charge in [-0.15, -0.1) is 0 Å². The van der Waals surface area contributed by atoms with E-state index in [1.807, 2.05) is 7.05 Å². The van der Waals surface area contributed by atoms with Crippen molar-refractivity contribution in [1.82, 2.24) is 10.6 Å². The molecule has 0 bridgehead atoms. The predicted molar refractivity (Wildman–Crippen MR) is 96.5 cm³/mol. The summed E-state index contributed by atoms with van der Waals surface area (Å²) >= 11 is 0. The molecule has 0 aromatic heterocycles. The Kier molecular flexibility index (Phi) is 9.83. The number of hydrogen-bond donors (Lipinski definition) is 2. The van der Waals surface area contributed by atoms with Crippen molar-refractivity contribution in [1.29, 1.82) is 0 Å². The monoisotopic (exact) mass is 339 g/mol. The summed E-state index contributed by atoms with van der Waals surface area (Å²) in [7, 11) is 1.81. The molecule has 6 nitrogen and oxygen atoms in total. The third kappa shape index (κ3) is 8.13. The number of aliphatic imine (C=N–C) groups is 1. The lowest BCUT2D eigenvalue weighted by molar-refractivity contribution is 0.0203. The third-order valence-corrected chi connectivity index (χ3v) is 4.47. The molecular formula is C18H33N3O3. The van der Waals surface area contributed by atoms with E-state index in [0.29, 0.717) is 5.92 Å². The molecule has 2 rings (SSSR count). The van der Waals surface area contributed by atoms with E-state index >= 15 is 0 Å². The van der Waals surface area contributed by atoms with Crippen LogP contribution in [0.4, 0.5) is 0 Å². The van der Waals surface area contributed by atoms with Crippen molar-refractivity contribution >= 4 is 5.96 Å². The van der Waals surface area contributed by atoms with Gasteiger partial charge in [0, 0.05) is 46.6 Å². The fourth-order valence-corrected chi connectivity index (χ4v) is 2.90. The summed E-state index contributed by atoms with van der Waals surface area (Å²) < 4.78 is 16.5. The molecular weight excluding hydrogens is 306 g/mol. The van der Waals surface area contributed by atoms with Crippen molar-refractivity contribution in [2.24, 2.45) is 10.9 Å².